The van der Waals surface area contributed by atoms with Crippen molar-refractivity contribution in [3.8, 4) is 0 Å². The number of hydrogen-bond acceptors (Lipinski definition) is 2. The highest BCUT2D eigenvalue weighted by atomic mass is 35.5. The Balaban J connectivity index is 2.27. The summed E-state index contributed by atoms with van der Waals surface area (Å²) in [6.07, 6.45) is 1.11. The lowest BCUT2D eigenvalue weighted by Gasteiger charge is -2.31. The maximum absolute atomic E-state index is 6.07. The van der Waals surface area contributed by atoms with Crippen molar-refractivity contribution in [1.29, 1.82) is 0 Å². The van der Waals surface area contributed by atoms with Gasteiger partial charge in [-0.3, -0.25) is 0 Å². The fraction of sp³-hybridized carbons (Fsp3) is 0.500. The number of alkyl halides is 1. The fourth-order valence-corrected chi connectivity index (χ4v) is 3.23. The monoisotopic (exact) mass is 298 g/mol. The van der Waals surface area contributed by atoms with E-state index in [0.717, 1.165) is 29.9 Å². The number of imidazole rings is 1. The van der Waals surface area contributed by atoms with Crippen LogP contribution in [0.4, 0.5) is 0 Å². The fourth-order valence-electron chi connectivity index (χ4n) is 2.88. The highest BCUT2D eigenvalue weighted by Crippen LogP contribution is 2.37. The van der Waals surface area contributed by atoms with E-state index in [1.165, 1.54) is 0 Å². The zero-order valence-electron chi connectivity index (χ0n) is 11.0. The van der Waals surface area contributed by atoms with Gasteiger partial charge in [0.2, 0.25) is 0 Å². The zero-order valence-corrected chi connectivity index (χ0v) is 12.5. The van der Waals surface area contributed by atoms with E-state index in [-0.39, 0.29) is 11.6 Å². The molecule has 2 aromatic rings. The summed E-state index contributed by atoms with van der Waals surface area (Å²) < 4.78 is 7.97. The number of aromatic nitrogens is 2. The Morgan fingerprint density at radius 1 is 1.53 bits per heavy atom. The molecule has 2 unspecified atom stereocenters. The molecule has 0 saturated carbocycles. The van der Waals surface area contributed by atoms with E-state index >= 15 is 0 Å². The van der Waals surface area contributed by atoms with Gasteiger partial charge in [0.25, 0.3) is 0 Å². The van der Waals surface area contributed by atoms with Crippen LogP contribution in [0.1, 0.15) is 26.1 Å². The van der Waals surface area contributed by atoms with E-state index < -0.39 is 0 Å². The lowest BCUT2D eigenvalue weighted by atomic mass is 9.93. The Bertz CT molecular complexity index is 625. The van der Waals surface area contributed by atoms with Gasteiger partial charge < -0.3 is 9.30 Å². The average Bonchev–Trinajstić information content (AvgIpc) is 2.91. The molecule has 0 spiro atoms. The highest BCUT2D eigenvalue weighted by molar-refractivity contribution is 6.31. The van der Waals surface area contributed by atoms with Gasteiger partial charge >= 0.3 is 0 Å². The van der Waals surface area contributed by atoms with Crippen LogP contribution in [0.2, 0.25) is 5.02 Å². The maximum Gasteiger partial charge on any atom is 0.125 e. The molecular weight excluding hydrogens is 283 g/mol. The lowest BCUT2D eigenvalue weighted by molar-refractivity contribution is 0.0766. The van der Waals surface area contributed by atoms with Crippen LogP contribution < -0.4 is 0 Å². The molecule has 1 aliphatic rings. The molecule has 1 aromatic carbocycles. The Morgan fingerprint density at radius 2 is 2.32 bits per heavy atom. The predicted octanol–water partition coefficient (Wildman–Crippen LogP) is 3.95. The van der Waals surface area contributed by atoms with Crippen LogP contribution in [0.5, 0.6) is 0 Å². The number of fused-ring (bicyclic) bond motifs is 1. The second-order valence-corrected chi connectivity index (χ2v) is 5.95. The first kappa shape index (κ1) is 13.2. The van der Waals surface area contributed by atoms with Crippen molar-refractivity contribution in [2.24, 2.45) is 0 Å². The molecule has 0 N–H and O–H groups in total. The SMILES string of the molecule is CC1OCCC1(C)n1c(CCl)nc2cc(Cl)ccc21. The molecule has 1 aliphatic heterocycles. The first-order valence-electron chi connectivity index (χ1n) is 6.41. The summed E-state index contributed by atoms with van der Waals surface area (Å²) in [6.45, 7) is 5.08. The molecule has 0 radical (unpaired) electrons. The van der Waals surface area contributed by atoms with Gasteiger partial charge in [-0.25, -0.2) is 4.98 Å². The van der Waals surface area contributed by atoms with Gasteiger partial charge in [-0.05, 0) is 38.5 Å². The molecule has 0 bridgehead atoms. The molecule has 2 atom stereocenters. The third-order valence-corrected chi connectivity index (χ3v) is 4.64. The van der Waals surface area contributed by atoms with Crippen LogP contribution in [0.25, 0.3) is 11.0 Å². The first-order valence-corrected chi connectivity index (χ1v) is 7.32. The van der Waals surface area contributed by atoms with Gasteiger partial charge in [-0.15, -0.1) is 11.6 Å². The minimum absolute atomic E-state index is 0.104. The standard InChI is InChI=1S/C14H16Cl2N2O/c1-9-14(2,5-6-19-9)18-12-4-3-10(16)7-11(12)17-13(18)8-15/h3-4,7,9H,5-6,8H2,1-2H3. The van der Waals surface area contributed by atoms with Crippen molar-refractivity contribution in [2.45, 2.75) is 37.8 Å². The molecule has 3 rings (SSSR count). The second-order valence-electron chi connectivity index (χ2n) is 5.25. The van der Waals surface area contributed by atoms with E-state index in [1.54, 1.807) is 0 Å². The van der Waals surface area contributed by atoms with Crippen molar-refractivity contribution in [3.63, 3.8) is 0 Å². The number of ether oxygens (including phenoxy) is 1. The predicted molar refractivity (Wildman–Crippen MR) is 78.0 cm³/mol. The van der Waals surface area contributed by atoms with Gasteiger partial charge in [0.05, 0.1) is 28.6 Å². The Morgan fingerprint density at radius 3 is 2.95 bits per heavy atom. The molecule has 5 heteroatoms. The zero-order chi connectivity index (χ0) is 13.6. The van der Waals surface area contributed by atoms with Crippen LogP contribution in [0, 0.1) is 0 Å². The Labute approximate surface area is 122 Å². The van der Waals surface area contributed by atoms with Crippen molar-refractivity contribution >= 4 is 34.2 Å². The lowest BCUT2D eigenvalue weighted by Crippen LogP contribution is -2.37. The van der Waals surface area contributed by atoms with Crippen molar-refractivity contribution in [1.82, 2.24) is 9.55 Å². The molecule has 1 fully saturated rings. The smallest absolute Gasteiger partial charge is 0.125 e. The summed E-state index contributed by atoms with van der Waals surface area (Å²) in [5.74, 6) is 1.26. The minimum atomic E-state index is -0.104. The summed E-state index contributed by atoms with van der Waals surface area (Å²) in [6, 6.07) is 5.79. The van der Waals surface area contributed by atoms with Gasteiger partial charge in [-0.1, -0.05) is 11.6 Å². The summed E-state index contributed by atoms with van der Waals surface area (Å²) in [7, 11) is 0. The molecule has 2 heterocycles. The number of rotatable bonds is 2. The third kappa shape index (κ3) is 1.95. The van der Waals surface area contributed by atoms with E-state index in [1.807, 2.05) is 18.2 Å². The largest absolute Gasteiger partial charge is 0.376 e. The molecule has 1 aromatic heterocycles. The molecule has 1 saturated heterocycles. The minimum Gasteiger partial charge on any atom is -0.376 e. The second kappa shape index (κ2) is 4.65. The first-order chi connectivity index (χ1) is 9.06. The van der Waals surface area contributed by atoms with Crippen molar-refractivity contribution < 1.29 is 4.74 Å². The highest BCUT2D eigenvalue weighted by Gasteiger charge is 2.40. The summed E-state index contributed by atoms with van der Waals surface area (Å²) in [5.41, 5.74) is 1.86. The summed E-state index contributed by atoms with van der Waals surface area (Å²) in [5, 5.41) is 0.694. The quantitative estimate of drug-likeness (QED) is 0.785. The average molecular weight is 299 g/mol. The summed E-state index contributed by atoms with van der Waals surface area (Å²) in [4.78, 5) is 4.61. The normalized spacial score (nSPS) is 27.3. The Hall–Kier alpha value is -0.770. The number of hydrogen-bond donors (Lipinski definition) is 0. The summed E-state index contributed by atoms with van der Waals surface area (Å²) >= 11 is 12.1. The molecule has 0 aliphatic carbocycles. The van der Waals surface area contributed by atoms with Crippen molar-refractivity contribution in [3.05, 3.63) is 29.0 Å². The van der Waals surface area contributed by atoms with Crippen LogP contribution in [0.3, 0.4) is 0 Å². The maximum atomic E-state index is 6.07. The van der Waals surface area contributed by atoms with Crippen LogP contribution in [0.15, 0.2) is 18.2 Å². The number of nitrogens with zero attached hydrogens (tertiary/aromatic N) is 2. The molecule has 102 valence electrons. The Kier molecular flexibility index (Phi) is 3.24. The van der Waals surface area contributed by atoms with Gasteiger partial charge in [0, 0.05) is 11.6 Å². The van der Waals surface area contributed by atoms with Gasteiger partial charge in [0.15, 0.2) is 0 Å². The van der Waals surface area contributed by atoms with Crippen LogP contribution in [-0.4, -0.2) is 22.3 Å². The topological polar surface area (TPSA) is 27.1 Å². The van der Waals surface area contributed by atoms with Crippen LogP contribution in [-0.2, 0) is 16.2 Å². The van der Waals surface area contributed by atoms with E-state index in [0.29, 0.717) is 10.9 Å². The van der Waals surface area contributed by atoms with Gasteiger partial charge in [0.1, 0.15) is 5.82 Å². The van der Waals surface area contributed by atoms with E-state index in [9.17, 15) is 0 Å². The molecule has 19 heavy (non-hydrogen) atoms. The van der Waals surface area contributed by atoms with E-state index in [2.05, 4.69) is 23.4 Å². The third-order valence-electron chi connectivity index (χ3n) is 4.17. The van der Waals surface area contributed by atoms with Crippen LogP contribution >= 0.6 is 23.2 Å². The molecule has 0 amide bonds. The van der Waals surface area contributed by atoms with E-state index in [4.69, 9.17) is 27.9 Å². The number of halogens is 2. The number of benzene rings is 1. The molecular formula is C14H16Cl2N2O. The van der Waals surface area contributed by atoms with Crippen molar-refractivity contribution in [2.75, 3.05) is 6.61 Å². The van der Waals surface area contributed by atoms with Gasteiger partial charge in [-0.2, -0.15) is 0 Å². The molecule has 3 nitrogen and oxygen atoms in total.